The van der Waals surface area contributed by atoms with E-state index >= 15 is 0 Å². The number of para-hydroxylation sites is 1. The molecule has 0 saturated carbocycles. The smallest absolute Gasteiger partial charge is 0.291 e. The lowest BCUT2D eigenvalue weighted by Gasteiger charge is -2.06. The van der Waals surface area contributed by atoms with Crippen molar-refractivity contribution in [2.45, 2.75) is 6.92 Å². The fraction of sp³-hybridized carbons (Fsp3) is 0.0500. The molecule has 0 unspecified atom stereocenters. The SMILES string of the molecule is C/C(=N/NC(=O)c1ccccc1[N+](=O)[O-])c1ccc(NC(=O)c2ccco2)cc1. The van der Waals surface area contributed by atoms with Crippen molar-refractivity contribution >= 4 is 28.9 Å². The summed E-state index contributed by atoms with van der Waals surface area (Å²) in [5.74, 6) is -0.853. The summed E-state index contributed by atoms with van der Waals surface area (Å²) in [6.45, 7) is 1.68. The van der Waals surface area contributed by atoms with Gasteiger partial charge in [-0.15, -0.1) is 0 Å². The highest BCUT2D eigenvalue weighted by Crippen LogP contribution is 2.17. The molecule has 1 aromatic heterocycles. The Bertz CT molecular complexity index is 1070. The first kappa shape index (κ1) is 19.5. The van der Waals surface area contributed by atoms with Crippen molar-refractivity contribution < 1.29 is 18.9 Å². The Hall–Kier alpha value is -4.27. The molecular weight excluding hydrogens is 376 g/mol. The van der Waals surface area contributed by atoms with Gasteiger partial charge in [0, 0.05) is 11.8 Å². The summed E-state index contributed by atoms with van der Waals surface area (Å²) >= 11 is 0. The molecule has 146 valence electrons. The predicted molar refractivity (Wildman–Crippen MR) is 106 cm³/mol. The number of nitrogens with one attached hydrogen (secondary N) is 2. The molecular formula is C20H16N4O5. The summed E-state index contributed by atoms with van der Waals surface area (Å²) in [5, 5.41) is 17.7. The number of nitro benzene ring substituents is 1. The fourth-order valence-corrected chi connectivity index (χ4v) is 2.48. The van der Waals surface area contributed by atoms with Crippen molar-refractivity contribution in [3.63, 3.8) is 0 Å². The molecule has 2 N–H and O–H groups in total. The standard InChI is InChI=1S/C20H16N4O5/c1-13(22-23-19(25)16-5-2-3-6-17(16)24(27)28)14-8-10-15(11-9-14)21-20(26)18-7-4-12-29-18/h2-12H,1H3,(H,21,26)(H,23,25)/b22-13-. The summed E-state index contributed by atoms with van der Waals surface area (Å²) in [6, 6.07) is 15.6. The third-order valence-corrected chi connectivity index (χ3v) is 3.98. The van der Waals surface area contributed by atoms with E-state index in [-0.39, 0.29) is 22.9 Å². The van der Waals surface area contributed by atoms with Crippen molar-refractivity contribution in [2.75, 3.05) is 5.32 Å². The number of rotatable bonds is 6. The van der Waals surface area contributed by atoms with E-state index in [1.165, 1.54) is 30.5 Å². The molecule has 29 heavy (non-hydrogen) atoms. The molecule has 0 bridgehead atoms. The number of hydrazone groups is 1. The van der Waals surface area contributed by atoms with Gasteiger partial charge in [-0.25, -0.2) is 5.43 Å². The number of carbonyl (C=O) groups excluding carboxylic acids is 2. The molecule has 9 heteroatoms. The van der Waals surface area contributed by atoms with E-state index in [1.807, 2.05) is 0 Å². The average molecular weight is 392 g/mol. The topological polar surface area (TPSA) is 127 Å². The number of benzene rings is 2. The summed E-state index contributed by atoms with van der Waals surface area (Å²) in [6.07, 6.45) is 1.41. The number of anilines is 1. The molecule has 0 spiro atoms. The van der Waals surface area contributed by atoms with E-state index < -0.39 is 10.8 Å². The predicted octanol–water partition coefficient (Wildman–Crippen LogP) is 3.59. The molecule has 3 rings (SSSR count). The number of amides is 2. The lowest BCUT2D eigenvalue weighted by molar-refractivity contribution is -0.385. The first-order chi connectivity index (χ1) is 14.0. The zero-order valence-electron chi connectivity index (χ0n) is 15.3. The van der Waals surface area contributed by atoms with Crippen LogP contribution < -0.4 is 10.7 Å². The highest BCUT2D eigenvalue weighted by atomic mass is 16.6. The second-order valence-electron chi connectivity index (χ2n) is 5.92. The monoisotopic (exact) mass is 392 g/mol. The molecule has 0 radical (unpaired) electrons. The summed E-state index contributed by atoms with van der Waals surface area (Å²) in [4.78, 5) is 34.6. The number of furan rings is 1. The zero-order chi connectivity index (χ0) is 20.8. The van der Waals surface area contributed by atoms with Gasteiger partial charge in [-0.1, -0.05) is 24.3 Å². The Labute approximate surface area is 165 Å². The molecule has 9 nitrogen and oxygen atoms in total. The van der Waals surface area contributed by atoms with Crippen LogP contribution in [-0.4, -0.2) is 22.4 Å². The lowest BCUT2D eigenvalue weighted by atomic mass is 10.1. The zero-order valence-corrected chi connectivity index (χ0v) is 15.3. The summed E-state index contributed by atoms with van der Waals surface area (Å²) in [7, 11) is 0. The van der Waals surface area contributed by atoms with Crippen molar-refractivity contribution in [1.82, 2.24) is 5.43 Å². The van der Waals surface area contributed by atoms with Crippen LogP contribution in [0, 0.1) is 10.1 Å². The van der Waals surface area contributed by atoms with Crippen LogP contribution in [0.2, 0.25) is 0 Å². The van der Waals surface area contributed by atoms with Crippen LogP contribution in [0.5, 0.6) is 0 Å². The van der Waals surface area contributed by atoms with E-state index in [9.17, 15) is 19.7 Å². The molecule has 0 aliphatic rings. The van der Waals surface area contributed by atoms with Crippen molar-refractivity contribution in [3.05, 3.63) is 93.9 Å². The lowest BCUT2D eigenvalue weighted by Crippen LogP contribution is -2.20. The third kappa shape index (κ3) is 4.72. The molecule has 0 atom stereocenters. The van der Waals surface area contributed by atoms with Gasteiger partial charge in [0.2, 0.25) is 0 Å². The minimum Gasteiger partial charge on any atom is -0.459 e. The van der Waals surface area contributed by atoms with E-state index in [1.54, 1.807) is 43.3 Å². The Balaban J connectivity index is 1.66. The van der Waals surface area contributed by atoms with Crippen LogP contribution in [0.4, 0.5) is 11.4 Å². The van der Waals surface area contributed by atoms with Crippen LogP contribution in [0.3, 0.4) is 0 Å². The molecule has 0 saturated heterocycles. The van der Waals surface area contributed by atoms with Gasteiger partial charge in [0.1, 0.15) is 5.56 Å². The Morgan fingerprint density at radius 2 is 1.72 bits per heavy atom. The molecule has 2 amide bonds. The molecule has 1 heterocycles. The first-order valence-corrected chi connectivity index (χ1v) is 8.49. The summed E-state index contributed by atoms with van der Waals surface area (Å²) < 4.78 is 5.03. The maximum Gasteiger partial charge on any atom is 0.291 e. The van der Waals surface area contributed by atoms with Gasteiger partial charge in [-0.05, 0) is 42.8 Å². The van der Waals surface area contributed by atoms with Crippen molar-refractivity contribution in [1.29, 1.82) is 0 Å². The summed E-state index contributed by atoms with van der Waals surface area (Å²) in [5.41, 5.74) is 3.69. The molecule has 0 aliphatic heterocycles. The highest BCUT2D eigenvalue weighted by Gasteiger charge is 2.18. The number of hydrogen-bond donors (Lipinski definition) is 2. The number of hydrogen-bond acceptors (Lipinski definition) is 6. The van der Waals surface area contributed by atoms with Crippen LogP contribution in [0.1, 0.15) is 33.4 Å². The number of carbonyl (C=O) groups is 2. The Morgan fingerprint density at radius 3 is 2.38 bits per heavy atom. The van der Waals surface area contributed by atoms with Gasteiger partial charge in [-0.3, -0.25) is 19.7 Å². The second-order valence-corrected chi connectivity index (χ2v) is 5.92. The van der Waals surface area contributed by atoms with Gasteiger partial charge in [0.25, 0.3) is 17.5 Å². The average Bonchev–Trinajstić information content (AvgIpc) is 3.27. The van der Waals surface area contributed by atoms with Gasteiger partial charge in [0.15, 0.2) is 5.76 Å². The van der Waals surface area contributed by atoms with E-state index in [0.717, 1.165) is 0 Å². The number of nitro groups is 1. The Morgan fingerprint density at radius 1 is 1.00 bits per heavy atom. The minimum atomic E-state index is -0.681. The minimum absolute atomic E-state index is 0.0787. The van der Waals surface area contributed by atoms with Crippen molar-refractivity contribution in [2.24, 2.45) is 5.10 Å². The van der Waals surface area contributed by atoms with Gasteiger partial charge >= 0.3 is 0 Å². The Kier molecular flexibility index (Phi) is 5.79. The third-order valence-electron chi connectivity index (χ3n) is 3.98. The van der Waals surface area contributed by atoms with Crippen LogP contribution >= 0.6 is 0 Å². The number of nitrogens with zero attached hydrogens (tertiary/aromatic N) is 2. The molecule has 2 aromatic carbocycles. The van der Waals surface area contributed by atoms with Crippen molar-refractivity contribution in [3.8, 4) is 0 Å². The highest BCUT2D eigenvalue weighted by molar-refractivity contribution is 6.04. The maximum absolute atomic E-state index is 12.2. The largest absolute Gasteiger partial charge is 0.459 e. The molecule has 0 fully saturated rings. The molecule has 0 aliphatic carbocycles. The quantitative estimate of drug-likeness (QED) is 0.376. The van der Waals surface area contributed by atoms with Gasteiger partial charge in [0.05, 0.1) is 16.9 Å². The fourth-order valence-electron chi connectivity index (χ4n) is 2.48. The normalized spacial score (nSPS) is 11.0. The second kappa shape index (κ2) is 8.61. The van der Waals surface area contributed by atoms with Gasteiger partial charge < -0.3 is 9.73 Å². The van der Waals surface area contributed by atoms with Crippen LogP contribution in [-0.2, 0) is 0 Å². The van der Waals surface area contributed by atoms with Gasteiger partial charge in [-0.2, -0.15) is 5.10 Å². The van der Waals surface area contributed by atoms with Crippen LogP contribution in [0.15, 0.2) is 76.4 Å². The molecule has 3 aromatic rings. The maximum atomic E-state index is 12.2. The van der Waals surface area contributed by atoms with E-state index in [2.05, 4.69) is 15.8 Å². The van der Waals surface area contributed by atoms with Crippen LogP contribution in [0.25, 0.3) is 0 Å². The first-order valence-electron chi connectivity index (χ1n) is 8.49. The van der Waals surface area contributed by atoms with E-state index in [4.69, 9.17) is 4.42 Å². The van der Waals surface area contributed by atoms with E-state index in [0.29, 0.717) is 17.0 Å².